The molecule has 0 heterocycles. The minimum atomic E-state index is -3.86. The minimum Gasteiger partial charge on any atom is -0.480 e. The van der Waals surface area contributed by atoms with Gasteiger partial charge in [-0.25, -0.2) is 8.42 Å². The molecule has 0 radical (unpaired) electrons. The van der Waals surface area contributed by atoms with Crippen LogP contribution in [0.1, 0.15) is 17.2 Å². The van der Waals surface area contributed by atoms with Gasteiger partial charge in [0.2, 0.25) is 10.0 Å². The predicted molar refractivity (Wildman–Crippen MR) is 83.7 cm³/mol. The van der Waals surface area contributed by atoms with Crippen molar-refractivity contribution in [3.63, 3.8) is 0 Å². The number of carbonyl (C=O) groups is 1. The van der Waals surface area contributed by atoms with Crippen LogP contribution in [0.2, 0.25) is 1.41 Å². The van der Waals surface area contributed by atoms with E-state index in [1.165, 1.54) is 24.3 Å². The molecule has 4 N–H and O–H groups in total. The van der Waals surface area contributed by atoms with Crippen LogP contribution in [0.15, 0.2) is 54.6 Å². The lowest BCUT2D eigenvalue weighted by Crippen LogP contribution is -2.20. The van der Waals surface area contributed by atoms with Gasteiger partial charge in [-0.2, -0.15) is 0 Å². The van der Waals surface area contributed by atoms with Gasteiger partial charge in [-0.15, -0.1) is 0 Å². The van der Waals surface area contributed by atoms with E-state index in [9.17, 15) is 13.2 Å². The molecule has 0 aromatic heterocycles. The van der Waals surface area contributed by atoms with Crippen LogP contribution in [0, 0.1) is 0 Å². The van der Waals surface area contributed by atoms with Crippen molar-refractivity contribution in [3.8, 4) is 0 Å². The van der Waals surface area contributed by atoms with Gasteiger partial charge in [0.1, 0.15) is 6.04 Å². The summed E-state index contributed by atoms with van der Waals surface area (Å²) < 4.78 is 32.7. The van der Waals surface area contributed by atoms with Crippen LogP contribution >= 0.6 is 0 Å². The lowest BCUT2D eigenvalue weighted by molar-refractivity contribution is -0.138. The number of rotatable bonds is 6. The molecule has 0 saturated carbocycles. The molecule has 0 bridgehead atoms. The number of hydrogen-bond donors (Lipinski definition) is 3. The molecule has 0 fully saturated rings. The Morgan fingerprint density at radius 1 is 1.18 bits per heavy atom. The maximum Gasteiger partial charge on any atom is 0.325 e. The lowest BCUT2D eigenvalue weighted by Gasteiger charge is -2.10. The maximum absolute atomic E-state index is 12.2. The van der Waals surface area contributed by atoms with Crippen molar-refractivity contribution in [1.82, 2.24) is 0 Å². The van der Waals surface area contributed by atoms with E-state index < -0.39 is 22.0 Å². The first kappa shape index (κ1) is 14.6. The second kappa shape index (κ2) is 6.59. The van der Waals surface area contributed by atoms with Gasteiger partial charge >= 0.3 is 5.97 Å². The molecule has 0 spiro atoms. The predicted octanol–water partition coefficient (Wildman–Crippen LogP) is 1.71. The van der Waals surface area contributed by atoms with Crippen LogP contribution in [0.4, 0.5) is 5.69 Å². The van der Waals surface area contributed by atoms with E-state index >= 15 is 0 Å². The van der Waals surface area contributed by atoms with Gasteiger partial charge in [-0.3, -0.25) is 9.51 Å². The molecule has 7 heteroatoms. The number of carboxylic acids is 1. The third kappa shape index (κ3) is 4.31. The summed E-state index contributed by atoms with van der Waals surface area (Å²) in [6, 6.07) is 12.9. The molecule has 0 aliphatic carbocycles. The number of nitrogens with two attached hydrogens (primary N) is 1. The summed E-state index contributed by atoms with van der Waals surface area (Å²) in [6.07, 6.45) is 0. The van der Waals surface area contributed by atoms with E-state index in [4.69, 9.17) is 12.3 Å². The average Bonchev–Trinajstić information content (AvgIpc) is 2.54. The van der Waals surface area contributed by atoms with Gasteiger partial charge in [0.15, 0.2) is 1.41 Å². The summed E-state index contributed by atoms with van der Waals surface area (Å²) in [4.78, 5) is 10.8. The van der Waals surface area contributed by atoms with Crippen LogP contribution in [0.3, 0.4) is 0 Å². The van der Waals surface area contributed by atoms with Crippen molar-refractivity contribution < 1.29 is 19.7 Å². The van der Waals surface area contributed by atoms with E-state index in [1.54, 1.807) is 30.3 Å². The number of carboxylic acid groups (broad SMARTS) is 1. The smallest absolute Gasteiger partial charge is 0.325 e. The fraction of sp³-hybridized carbons (Fsp3) is 0.133. The van der Waals surface area contributed by atoms with E-state index in [1.807, 2.05) is 0 Å². The van der Waals surface area contributed by atoms with Crippen molar-refractivity contribution in [2.45, 2.75) is 11.8 Å². The molecule has 2 aromatic rings. The van der Waals surface area contributed by atoms with Gasteiger partial charge in [-0.05, 0) is 23.3 Å². The first-order valence-corrected chi connectivity index (χ1v) is 8.06. The van der Waals surface area contributed by atoms with E-state index in [-0.39, 0.29) is 11.4 Å². The quantitative estimate of drug-likeness (QED) is 0.750. The van der Waals surface area contributed by atoms with Gasteiger partial charge in [0.25, 0.3) is 0 Å². The highest BCUT2D eigenvalue weighted by atomic mass is 32.2. The zero-order chi connectivity index (χ0) is 17.0. The van der Waals surface area contributed by atoms with Gasteiger partial charge in [-0.1, -0.05) is 42.5 Å². The minimum absolute atomic E-state index is 0.113. The number of aliphatic carboxylic acids is 1. The molecular formula is C15H16N2O4S. The van der Waals surface area contributed by atoms with Crippen LogP contribution in [0.5, 0.6) is 0 Å². The van der Waals surface area contributed by atoms with Crippen molar-refractivity contribution in [2.24, 2.45) is 5.73 Å². The highest BCUT2D eigenvalue weighted by molar-refractivity contribution is 7.91. The molecule has 6 nitrogen and oxygen atoms in total. The molecule has 0 amide bonds. The first-order chi connectivity index (χ1) is 10.8. The number of anilines is 1. The Labute approximate surface area is 130 Å². The maximum atomic E-state index is 12.2. The van der Waals surface area contributed by atoms with Gasteiger partial charge in [0.05, 0.1) is 5.75 Å². The zero-order valence-electron chi connectivity index (χ0n) is 12.6. The van der Waals surface area contributed by atoms with E-state index in [0.717, 1.165) is 0 Å². The Morgan fingerprint density at radius 3 is 2.32 bits per heavy atom. The molecular weight excluding hydrogens is 304 g/mol. The average molecular weight is 321 g/mol. The number of benzene rings is 2. The summed E-state index contributed by atoms with van der Waals surface area (Å²) >= 11 is 0. The lowest BCUT2D eigenvalue weighted by atomic mass is 10.1. The van der Waals surface area contributed by atoms with Crippen LogP contribution in [-0.2, 0) is 20.6 Å². The molecule has 22 heavy (non-hydrogen) atoms. The molecule has 0 aliphatic heterocycles. The number of hydrogen-bond acceptors (Lipinski definition) is 4. The second-order valence-electron chi connectivity index (χ2n) is 4.71. The number of sulfonamides is 1. The summed E-state index contributed by atoms with van der Waals surface area (Å²) in [7, 11) is -3.86. The van der Waals surface area contributed by atoms with E-state index in [0.29, 0.717) is 15.8 Å². The first-order valence-electron chi connectivity index (χ1n) is 6.90. The van der Waals surface area contributed by atoms with Gasteiger partial charge in [0, 0.05) is 5.69 Å². The molecule has 0 aliphatic rings. The van der Waals surface area contributed by atoms with Crippen molar-refractivity contribution in [3.05, 3.63) is 65.7 Å². The molecule has 2 aromatic carbocycles. The normalized spacial score (nSPS) is 13.2. The van der Waals surface area contributed by atoms with Crippen molar-refractivity contribution in [1.29, 1.82) is 0 Å². The fourth-order valence-corrected chi connectivity index (χ4v) is 2.98. The summed E-state index contributed by atoms with van der Waals surface area (Å²) in [6.45, 7) is 0. The third-order valence-electron chi connectivity index (χ3n) is 2.95. The Kier molecular flexibility index (Phi) is 4.36. The van der Waals surface area contributed by atoms with Crippen molar-refractivity contribution >= 4 is 21.7 Å². The highest BCUT2D eigenvalue weighted by Gasteiger charge is 2.15. The van der Waals surface area contributed by atoms with Crippen LogP contribution in [0.25, 0.3) is 0 Å². The SMILES string of the molecule is [2H]N(c1ccc(C(N)C(=O)O)cc1)S(=O)(=O)Cc1ccccc1. The van der Waals surface area contributed by atoms with Crippen LogP contribution in [-0.4, -0.2) is 19.5 Å². The molecule has 2 rings (SSSR count). The standard InChI is InChI=1S/C15H16N2O4S/c16-14(15(18)19)12-6-8-13(9-7-12)17-22(20,21)10-11-4-2-1-3-5-11/h1-9,14,17H,10,16H2,(H,18,19)/i/hD. The summed E-state index contributed by atoms with van der Waals surface area (Å²) in [5.74, 6) is -1.48. The zero-order valence-corrected chi connectivity index (χ0v) is 12.4. The van der Waals surface area contributed by atoms with Crippen molar-refractivity contribution in [2.75, 3.05) is 4.72 Å². The fourth-order valence-electron chi connectivity index (χ4n) is 1.86. The van der Waals surface area contributed by atoms with E-state index in [2.05, 4.69) is 0 Å². The summed E-state index contributed by atoms with van der Waals surface area (Å²) in [5, 5.41) is 8.84. The van der Waals surface area contributed by atoms with Crippen LogP contribution < -0.4 is 10.4 Å². The largest absolute Gasteiger partial charge is 0.480 e. The molecule has 116 valence electrons. The van der Waals surface area contributed by atoms with Gasteiger partial charge < -0.3 is 10.8 Å². The Hall–Kier alpha value is -2.38. The molecule has 1 unspecified atom stereocenters. The Morgan fingerprint density at radius 2 is 1.77 bits per heavy atom. The second-order valence-corrected chi connectivity index (χ2v) is 6.35. The number of nitrogens with one attached hydrogen (secondary N) is 1. The molecule has 1 atom stereocenters. The third-order valence-corrected chi connectivity index (χ3v) is 4.14. The summed E-state index contributed by atoms with van der Waals surface area (Å²) in [5.41, 5.74) is 6.49. The topological polar surface area (TPSA) is 109 Å². The molecule has 0 saturated heterocycles. The highest BCUT2D eigenvalue weighted by Crippen LogP contribution is 2.17. The Balaban J connectivity index is 2.19. The monoisotopic (exact) mass is 321 g/mol. The Bertz CT molecular complexity index is 779.